The van der Waals surface area contributed by atoms with Crippen molar-refractivity contribution < 1.29 is 0 Å². The number of benzene rings is 8. The monoisotopic (exact) mass is 587 g/mol. The Kier molecular flexibility index (Phi) is 7.34. The molecule has 0 atom stereocenters. The highest BCUT2D eigenvalue weighted by molar-refractivity contribution is 5.97. The maximum absolute atomic E-state index is 2.35. The van der Waals surface area contributed by atoms with E-state index in [1.165, 1.54) is 54.9 Å². The van der Waals surface area contributed by atoms with Crippen LogP contribution in [0.2, 0.25) is 0 Å². The van der Waals surface area contributed by atoms with Gasteiger partial charge in [-0.1, -0.05) is 152 Å². The first-order valence-corrected chi connectivity index (χ1v) is 15.9. The van der Waals surface area contributed by atoms with Gasteiger partial charge in [0.1, 0.15) is 0 Å². The van der Waals surface area contributed by atoms with Crippen LogP contribution in [0, 0.1) is 0 Å². The molecule has 8 aromatic carbocycles. The van der Waals surface area contributed by atoms with Gasteiger partial charge in [-0.15, -0.1) is 0 Å². The zero-order chi connectivity index (χ0) is 30.7. The van der Waals surface area contributed by atoms with E-state index in [4.69, 9.17) is 0 Å². The molecule has 46 heavy (non-hydrogen) atoms. The lowest BCUT2D eigenvalue weighted by Gasteiger charge is -2.26. The molecule has 0 unspecified atom stereocenters. The number of anilines is 3. The lowest BCUT2D eigenvalue weighted by atomic mass is 9.97. The van der Waals surface area contributed by atoms with Gasteiger partial charge in [0, 0.05) is 17.1 Å². The molecule has 1 nitrogen and oxygen atoms in total. The Morgan fingerprint density at radius 2 is 0.804 bits per heavy atom. The summed E-state index contributed by atoms with van der Waals surface area (Å²) in [6.45, 7) is 0. The molecule has 8 rings (SSSR count). The number of rotatable bonds is 7. The SMILES string of the molecule is c1ccc(-c2ccc(N(c3ccc(Cc4cccc5ccccc45)cc3)c3ccc(-c4cccc5ccccc45)cc3)cc2)cc1. The van der Waals surface area contributed by atoms with Crippen LogP contribution in [0.3, 0.4) is 0 Å². The third-order valence-electron chi connectivity index (χ3n) is 8.93. The van der Waals surface area contributed by atoms with Crippen LogP contribution in [0.1, 0.15) is 11.1 Å². The van der Waals surface area contributed by atoms with Gasteiger partial charge in [-0.3, -0.25) is 0 Å². The molecule has 0 saturated carbocycles. The van der Waals surface area contributed by atoms with E-state index in [-0.39, 0.29) is 0 Å². The second-order valence-electron chi connectivity index (χ2n) is 11.8. The van der Waals surface area contributed by atoms with Crippen molar-refractivity contribution >= 4 is 38.6 Å². The lowest BCUT2D eigenvalue weighted by Crippen LogP contribution is -2.10. The van der Waals surface area contributed by atoms with E-state index in [9.17, 15) is 0 Å². The highest BCUT2D eigenvalue weighted by Crippen LogP contribution is 2.38. The van der Waals surface area contributed by atoms with Gasteiger partial charge in [0.2, 0.25) is 0 Å². The summed E-state index contributed by atoms with van der Waals surface area (Å²) < 4.78 is 0. The zero-order valence-electron chi connectivity index (χ0n) is 25.6. The standard InChI is InChI=1S/C45H33N/c1-2-10-34(11-3-1)35-22-28-41(29-23-35)46(42-30-24-38(25-31-42)45-19-9-15-37-13-5-7-18-44(37)45)40-26-20-33(21-27-40)32-39-16-8-14-36-12-4-6-17-43(36)39/h1-31H,32H2. The van der Waals surface area contributed by atoms with Gasteiger partial charge in [-0.25, -0.2) is 0 Å². The molecule has 0 N–H and O–H groups in total. The van der Waals surface area contributed by atoms with Crippen molar-refractivity contribution in [1.82, 2.24) is 0 Å². The molecule has 0 aromatic heterocycles. The molecule has 0 aliphatic carbocycles. The fourth-order valence-corrected chi connectivity index (χ4v) is 6.58. The number of nitrogens with zero attached hydrogens (tertiary/aromatic N) is 1. The van der Waals surface area contributed by atoms with Crippen molar-refractivity contribution in [3.63, 3.8) is 0 Å². The normalized spacial score (nSPS) is 11.1. The minimum Gasteiger partial charge on any atom is -0.311 e. The lowest BCUT2D eigenvalue weighted by molar-refractivity contribution is 1.20. The summed E-state index contributed by atoms with van der Waals surface area (Å²) in [5.74, 6) is 0. The van der Waals surface area contributed by atoms with Crippen molar-refractivity contribution in [2.75, 3.05) is 4.90 Å². The number of fused-ring (bicyclic) bond motifs is 2. The van der Waals surface area contributed by atoms with E-state index in [0.29, 0.717) is 0 Å². The molecule has 1 heteroatoms. The smallest absolute Gasteiger partial charge is 0.0462 e. The third kappa shape index (κ3) is 5.44. The fraction of sp³-hybridized carbons (Fsp3) is 0.0222. The first-order chi connectivity index (χ1) is 22.8. The van der Waals surface area contributed by atoms with Gasteiger partial charge in [0.05, 0.1) is 0 Å². The molecule has 8 aromatic rings. The van der Waals surface area contributed by atoms with Crippen LogP contribution in [-0.2, 0) is 6.42 Å². The Labute approximate surface area is 270 Å². The first kappa shape index (κ1) is 27.6. The average molecular weight is 588 g/mol. The largest absolute Gasteiger partial charge is 0.311 e. The van der Waals surface area contributed by atoms with Crippen LogP contribution in [0.25, 0.3) is 43.8 Å². The Morgan fingerprint density at radius 1 is 0.326 bits per heavy atom. The first-order valence-electron chi connectivity index (χ1n) is 15.9. The van der Waals surface area contributed by atoms with Crippen LogP contribution in [0.4, 0.5) is 17.1 Å². The van der Waals surface area contributed by atoms with Crippen LogP contribution in [0.5, 0.6) is 0 Å². The predicted octanol–water partition coefficient (Wildman–Crippen LogP) is 12.4. The molecular formula is C45H33N. The van der Waals surface area contributed by atoms with Gasteiger partial charge in [0.25, 0.3) is 0 Å². The van der Waals surface area contributed by atoms with Crippen LogP contribution in [-0.4, -0.2) is 0 Å². The Hall–Kier alpha value is -5.92. The second kappa shape index (κ2) is 12.2. The molecule has 0 bridgehead atoms. The summed E-state index contributed by atoms with van der Waals surface area (Å²) in [6.07, 6.45) is 0.896. The summed E-state index contributed by atoms with van der Waals surface area (Å²) in [6, 6.07) is 67.9. The van der Waals surface area contributed by atoms with Crippen LogP contribution >= 0.6 is 0 Å². The van der Waals surface area contributed by atoms with Crippen molar-refractivity contribution in [2.45, 2.75) is 6.42 Å². The summed E-state index contributed by atoms with van der Waals surface area (Å²) in [7, 11) is 0. The quantitative estimate of drug-likeness (QED) is 0.179. The molecular weight excluding hydrogens is 555 g/mol. The molecule has 218 valence electrons. The minimum absolute atomic E-state index is 0.896. The van der Waals surface area contributed by atoms with Crippen molar-refractivity contribution in [3.05, 3.63) is 199 Å². The van der Waals surface area contributed by atoms with Gasteiger partial charge in [-0.2, -0.15) is 0 Å². The molecule has 0 spiro atoms. The molecule has 0 aliphatic rings. The van der Waals surface area contributed by atoms with Gasteiger partial charge >= 0.3 is 0 Å². The topological polar surface area (TPSA) is 3.24 Å². The van der Waals surface area contributed by atoms with E-state index >= 15 is 0 Å². The Morgan fingerprint density at radius 3 is 1.48 bits per heavy atom. The van der Waals surface area contributed by atoms with Gasteiger partial charge < -0.3 is 4.90 Å². The third-order valence-corrected chi connectivity index (χ3v) is 8.93. The van der Waals surface area contributed by atoms with Crippen LogP contribution in [0.15, 0.2) is 188 Å². The van der Waals surface area contributed by atoms with Crippen molar-refractivity contribution in [3.8, 4) is 22.3 Å². The highest BCUT2D eigenvalue weighted by atomic mass is 15.1. The van der Waals surface area contributed by atoms with E-state index < -0.39 is 0 Å². The van der Waals surface area contributed by atoms with Gasteiger partial charge in [-0.05, 0) is 97.7 Å². The summed E-state index contributed by atoms with van der Waals surface area (Å²) in [5, 5.41) is 5.13. The second-order valence-corrected chi connectivity index (χ2v) is 11.8. The Balaban J connectivity index is 1.16. The maximum atomic E-state index is 2.35. The zero-order valence-corrected chi connectivity index (χ0v) is 25.6. The highest BCUT2D eigenvalue weighted by Gasteiger charge is 2.14. The predicted molar refractivity (Wildman–Crippen MR) is 196 cm³/mol. The van der Waals surface area contributed by atoms with Crippen LogP contribution < -0.4 is 4.90 Å². The van der Waals surface area contributed by atoms with E-state index in [1.807, 2.05) is 0 Å². The molecule has 0 saturated heterocycles. The van der Waals surface area contributed by atoms with E-state index in [1.54, 1.807) is 0 Å². The van der Waals surface area contributed by atoms with Crippen molar-refractivity contribution in [1.29, 1.82) is 0 Å². The minimum atomic E-state index is 0.896. The number of hydrogen-bond donors (Lipinski definition) is 0. The molecule has 0 aliphatic heterocycles. The van der Waals surface area contributed by atoms with E-state index in [0.717, 1.165) is 23.5 Å². The summed E-state index contributed by atoms with van der Waals surface area (Å²) in [4.78, 5) is 2.35. The summed E-state index contributed by atoms with van der Waals surface area (Å²) >= 11 is 0. The summed E-state index contributed by atoms with van der Waals surface area (Å²) in [5.41, 5.74) is 10.9. The van der Waals surface area contributed by atoms with E-state index in [2.05, 4.69) is 193 Å². The molecule has 0 amide bonds. The van der Waals surface area contributed by atoms with Gasteiger partial charge in [0.15, 0.2) is 0 Å². The number of hydrogen-bond acceptors (Lipinski definition) is 1. The average Bonchev–Trinajstić information content (AvgIpc) is 3.13. The molecule has 0 heterocycles. The fourth-order valence-electron chi connectivity index (χ4n) is 6.58. The Bertz CT molecular complexity index is 2240. The maximum Gasteiger partial charge on any atom is 0.0462 e. The molecule has 0 radical (unpaired) electrons. The molecule has 0 fully saturated rings. The van der Waals surface area contributed by atoms with Crippen molar-refractivity contribution in [2.24, 2.45) is 0 Å².